The van der Waals surface area contributed by atoms with Crippen LogP contribution in [0.4, 0.5) is 11.4 Å². The minimum Gasteiger partial charge on any atom is -0.370 e. The van der Waals surface area contributed by atoms with Crippen molar-refractivity contribution in [1.29, 1.82) is 5.26 Å². The van der Waals surface area contributed by atoms with Crippen LogP contribution in [-0.2, 0) is 6.54 Å². The summed E-state index contributed by atoms with van der Waals surface area (Å²) in [5, 5.41) is 16.5. The van der Waals surface area contributed by atoms with Crippen molar-refractivity contribution in [3.05, 3.63) is 65.9 Å². The fourth-order valence-corrected chi connectivity index (χ4v) is 4.80. The lowest BCUT2D eigenvalue weighted by atomic mass is 9.96. The van der Waals surface area contributed by atoms with E-state index in [4.69, 9.17) is 0 Å². The molecule has 0 radical (unpaired) electrons. The third-order valence-corrected chi connectivity index (χ3v) is 7.23. The normalized spacial score (nSPS) is 16.6. The molecule has 2 aromatic carbocycles. The second-order valence-electron chi connectivity index (χ2n) is 11.6. The number of benzene rings is 2. The summed E-state index contributed by atoms with van der Waals surface area (Å²) in [4.78, 5) is 6.99. The van der Waals surface area contributed by atoms with E-state index in [1.807, 2.05) is 18.2 Å². The minimum atomic E-state index is 0.311. The van der Waals surface area contributed by atoms with Crippen molar-refractivity contribution in [2.24, 2.45) is 11.3 Å². The zero-order chi connectivity index (χ0) is 26.4. The van der Waals surface area contributed by atoms with Crippen LogP contribution < -0.4 is 20.7 Å². The number of anilines is 2. The van der Waals surface area contributed by atoms with Gasteiger partial charge in [0.2, 0.25) is 0 Å². The highest BCUT2D eigenvalue weighted by molar-refractivity contribution is 5.95. The summed E-state index contributed by atoms with van der Waals surface area (Å²) in [6.07, 6.45) is 4.04. The van der Waals surface area contributed by atoms with Crippen molar-refractivity contribution >= 4 is 22.3 Å². The maximum Gasteiger partial charge on any atom is 0.101 e. The Morgan fingerprint density at radius 3 is 2.65 bits per heavy atom. The molecule has 1 saturated heterocycles. The first-order valence-electron chi connectivity index (χ1n) is 13.6. The van der Waals surface area contributed by atoms with Gasteiger partial charge in [-0.15, -0.1) is 0 Å². The van der Waals surface area contributed by atoms with Gasteiger partial charge in [-0.2, -0.15) is 5.26 Å². The van der Waals surface area contributed by atoms with Gasteiger partial charge >= 0.3 is 0 Å². The number of rotatable bonds is 10. The monoisotopic (exact) mass is 498 g/mol. The van der Waals surface area contributed by atoms with Crippen molar-refractivity contribution < 1.29 is 0 Å². The zero-order valence-electron chi connectivity index (χ0n) is 23.1. The molecular weight excluding hydrogens is 456 g/mol. The average molecular weight is 499 g/mol. The Morgan fingerprint density at radius 1 is 1.16 bits per heavy atom. The van der Waals surface area contributed by atoms with Crippen LogP contribution in [0.25, 0.3) is 10.9 Å². The minimum absolute atomic E-state index is 0.311. The SMILES string of the molecule is CCC(C)CN(NCc1ccc(N2CCC(NCC(C)(C)C)C2)cc1)c1ccc(C#N)c2ncccc12. The predicted molar refractivity (Wildman–Crippen MR) is 155 cm³/mol. The second-order valence-corrected chi connectivity index (χ2v) is 11.6. The predicted octanol–water partition coefficient (Wildman–Crippen LogP) is 5.88. The number of hydrazine groups is 1. The first kappa shape index (κ1) is 26.9. The van der Waals surface area contributed by atoms with Gasteiger partial charge in [-0.05, 0) is 59.7 Å². The number of hydrogen-bond donors (Lipinski definition) is 2. The van der Waals surface area contributed by atoms with Crippen LogP contribution in [0, 0.1) is 22.7 Å². The van der Waals surface area contributed by atoms with Gasteiger partial charge in [0.1, 0.15) is 6.07 Å². The van der Waals surface area contributed by atoms with E-state index in [0.717, 1.165) is 55.7 Å². The Labute approximate surface area is 222 Å². The number of aromatic nitrogens is 1. The molecule has 0 saturated carbocycles. The van der Waals surface area contributed by atoms with Crippen LogP contribution >= 0.6 is 0 Å². The first-order valence-corrected chi connectivity index (χ1v) is 13.6. The topological polar surface area (TPSA) is 67.2 Å². The number of fused-ring (bicyclic) bond motifs is 1. The summed E-state index contributed by atoms with van der Waals surface area (Å²) in [6.45, 7) is 16.2. The highest BCUT2D eigenvalue weighted by atomic mass is 15.5. The van der Waals surface area contributed by atoms with Crippen molar-refractivity contribution in [2.75, 3.05) is 36.1 Å². The van der Waals surface area contributed by atoms with Gasteiger partial charge in [0.25, 0.3) is 0 Å². The molecule has 3 aromatic rings. The van der Waals surface area contributed by atoms with Gasteiger partial charge < -0.3 is 15.2 Å². The van der Waals surface area contributed by atoms with E-state index >= 15 is 0 Å². The first-order chi connectivity index (χ1) is 17.8. The quantitative estimate of drug-likeness (QED) is 0.340. The van der Waals surface area contributed by atoms with Gasteiger partial charge in [-0.25, -0.2) is 5.43 Å². The Balaban J connectivity index is 1.44. The molecule has 6 nitrogen and oxygen atoms in total. The zero-order valence-corrected chi connectivity index (χ0v) is 23.1. The maximum absolute atomic E-state index is 9.55. The Morgan fingerprint density at radius 2 is 1.95 bits per heavy atom. The smallest absolute Gasteiger partial charge is 0.101 e. The molecule has 1 aromatic heterocycles. The summed E-state index contributed by atoms with van der Waals surface area (Å²) in [6, 6.07) is 19.7. The van der Waals surface area contributed by atoms with Gasteiger partial charge in [-0.1, -0.05) is 53.2 Å². The van der Waals surface area contributed by atoms with Gasteiger partial charge in [0, 0.05) is 56.0 Å². The number of pyridine rings is 1. The van der Waals surface area contributed by atoms with E-state index in [2.05, 4.69) is 96.7 Å². The summed E-state index contributed by atoms with van der Waals surface area (Å²) in [7, 11) is 0. The maximum atomic E-state index is 9.55. The van der Waals surface area contributed by atoms with E-state index in [-0.39, 0.29) is 0 Å². The highest BCUT2D eigenvalue weighted by Crippen LogP contribution is 2.28. The summed E-state index contributed by atoms with van der Waals surface area (Å²) < 4.78 is 0. The average Bonchev–Trinajstić information content (AvgIpc) is 3.38. The lowest BCUT2D eigenvalue weighted by Gasteiger charge is -2.29. The summed E-state index contributed by atoms with van der Waals surface area (Å²) in [5.74, 6) is 0.521. The molecule has 4 rings (SSSR count). The Kier molecular flexibility index (Phi) is 8.68. The molecule has 0 amide bonds. The number of nitrogens with one attached hydrogen (secondary N) is 2. The number of nitrogens with zero attached hydrogens (tertiary/aromatic N) is 4. The van der Waals surface area contributed by atoms with Crippen LogP contribution in [0.15, 0.2) is 54.7 Å². The van der Waals surface area contributed by atoms with E-state index in [0.29, 0.717) is 22.9 Å². The fourth-order valence-electron chi connectivity index (χ4n) is 4.80. The molecular formula is C31H42N6. The Bertz CT molecular complexity index is 1210. The molecule has 2 heterocycles. The van der Waals surface area contributed by atoms with Gasteiger partial charge in [-0.3, -0.25) is 4.98 Å². The van der Waals surface area contributed by atoms with Crippen LogP contribution in [0.3, 0.4) is 0 Å². The molecule has 1 aliphatic rings. The van der Waals surface area contributed by atoms with Crippen molar-refractivity contribution in [3.63, 3.8) is 0 Å². The van der Waals surface area contributed by atoms with Crippen molar-refractivity contribution in [1.82, 2.24) is 15.7 Å². The van der Waals surface area contributed by atoms with Gasteiger partial charge in [0.15, 0.2) is 0 Å². The van der Waals surface area contributed by atoms with Crippen molar-refractivity contribution in [3.8, 4) is 6.07 Å². The molecule has 1 fully saturated rings. The lowest BCUT2D eigenvalue weighted by molar-refractivity contribution is 0.357. The molecule has 0 spiro atoms. The molecule has 37 heavy (non-hydrogen) atoms. The summed E-state index contributed by atoms with van der Waals surface area (Å²) in [5.41, 5.74) is 8.95. The second kappa shape index (κ2) is 11.9. The molecule has 2 N–H and O–H groups in total. The molecule has 2 atom stereocenters. The Hall–Kier alpha value is -3.14. The fraction of sp³-hybridized carbons (Fsp3) is 0.484. The third kappa shape index (κ3) is 7.00. The lowest BCUT2D eigenvalue weighted by Crippen LogP contribution is -2.40. The van der Waals surface area contributed by atoms with Crippen LogP contribution in [0.5, 0.6) is 0 Å². The molecule has 6 heteroatoms. The van der Waals surface area contributed by atoms with Crippen molar-refractivity contribution in [2.45, 2.75) is 60.0 Å². The standard InChI is InChI=1S/C31H42N6/c1-6-23(2)20-37(29-14-11-25(18-32)30-28(29)8-7-16-33-30)35-19-24-9-12-27(13-10-24)36-17-15-26(21-36)34-22-31(3,4)5/h7-14,16,23,26,34-35H,6,15,17,19-22H2,1-5H3. The van der Waals surface area contributed by atoms with Gasteiger partial charge in [0.05, 0.1) is 16.8 Å². The molecule has 0 bridgehead atoms. The molecule has 1 aliphatic heterocycles. The van der Waals surface area contributed by atoms with E-state index in [1.54, 1.807) is 6.20 Å². The summed E-state index contributed by atoms with van der Waals surface area (Å²) >= 11 is 0. The highest BCUT2D eigenvalue weighted by Gasteiger charge is 2.24. The largest absolute Gasteiger partial charge is 0.370 e. The van der Waals surface area contributed by atoms with E-state index in [9.17, 15) is 5.26 Å². The van der Waals surface area contributed by atoms with Crippen LogP contribution in [-0.4, -0.2) is 37.2 Å². The molecule has 0 aliphatic carbocycles. The number of nitriles is 1. The number of hydrogen-bond acceptors (Lipinski definition) is 6. The van der Waals surface area contributed by atoms with E-state index < -0.39 is 0 Å². The molecule has 2 unspecified atom stereocenters. The van der Waals surface area contributed by atoms with Crippen LogP contribution in [0.1, 0.15) is 58.6 Å². The molecule has 196 valence electrons. The van der Waals surface area contributed by atoms with Crippen LogP contribution in [0.2, 0.25) is 0 Å². The van der Waals surface area contributed by atoms with E-state index in [1.165, 1.54) is 17.7 Å². The third-order valence-electron chi connectivity index (χ3n) is 7.23.